The smallest absolute Gasteiger partial charge is 0.418 e. The van der Waals surface area contributed by atoms with Gasteiger partial charge in [-0.25, -0.2) is 4.79 Å². The van der Waals surface area contributed by atoms with Gasteiger partial charge in [-0.1, -0.05) is 0 Å². The molecule has 1 aromatic rings. The molecule has 5 nitrogen and oxygen atoms in total. The van der Waals surface area contributed by atoms with Gasteiger partial charge in [0.2, 0.25) is 0 Å². The molecule has 0 radical (unpaired) electrons. The molecule has 1 saturated heterocycles. The van der Waals surface area contributed by atoms with Gasteiger partial charge in [0.1, 0.15) is 0 Å². The first-order chi connectivity index (χ1) is 9.70. The SMILES string of the molecule is CN(C(=O)O)C1CCN(c2ccc(N)c(C(F)(F)F)c2)C1. The topological polar surface area (TPSA) is 69.8 Å². The molecule has 1 atom stereocenters. The van der Waals surface area contributed by atoms with E-state index >= 15 is 0 Å². The van der Waals surface area contributed by atoms with E-state index in [4.69, 9.17) is 10.8 Å². The molecule has 1 aliphatic rings. The van der Waals surface area contributed by atoms with Gasteiger partial charge in [0.25, 0.3) is 0 Å². The number of hydrogen-bond acceptors (Lipinski definition) is 3. The minimum absolute atomic E-state index is 0.227. The maximum atomic E-state index is 12.8. The van der Waals surface area contributed by atoms with Crippen LogP contribution in [-0.2, 0) is 6.18 Å². The molecule has 116 valence electrons. The first-order valence-electron chi connectivity index (χ1n) is 6.37. The van der Waals surface area contributed by atoms with Gasteiger partial charge in [0, 0.05) is 31.5 Å². The molecule has 3 N–H and O–H groups in total. The Kier molecular flexibility index (Phi) is 3.89. The van der Waals surface area contributed by atoms with Crippen molar-refractivity contribution < 1.29 is 23.1 Å². The number of nitrogen functional groups attached to an aromatic ring is 1. The lowest BCUT2D eigenvalue weighted by atomic mass is 10.1. The number of alkyl halides is 3. The molecule has 1 aromatic carbocycles. The number of benzene rings is 1. The average molecular weight is 303 g/mol. The Bertz CT molecular complexity index is 548. The van der Waals surface area contributed by atoms with Gasteiger partial charge >= 0.3 is 12.3 Å². The zero-order valence-corrected chi connectivity index (χ0v) is 11.4. The summed E-state index contributed by atoms with van der Waals surface area (Å²) in [6.07, 6.45) is -4.97. The van der Waals surface area contributed by atoms with E-state index < -0.39 is 17.8 Å². The van der Waals surface area contributed by atoms with Crippen LogP contribution in [0.3, 0.4) is 0 Å². The number of amides is 1. The molecule has 1 unspecified atom stereocenters. The number of halogens is 3. The van der Waals surface area contributed by atoms with Crippen molar-refractivity contribution in [2.45, 2.75) is 18.6 Å². The maximum absolute atomic E-state index is 12.8. The fourth-order valence-electron chi connectivity index (χ4n) is 2.44. The number of nitrogens with zero attached hydrogens (tertiary/aromatic N) is 2. The van der Waals surface area contributed by atoms with Crippen LogP contribution in [0.4, 0.5) is 29.3 Å². The third-order valence-corrected chi connectivity index (χ3v) is 3.72. The highest BCUT2D eigenvalue weighted by Gasteiger charge is 2.34. The quantitative estimate of drug-likeness (QED) is 0.824. The summed E-state index contributed by atoms with van der Waals surface area (Å²) in [6, 6.07) is 3.54. The highest BCUT2D eigenvalue weighted by atomic mass is 19.4. The average Bonchev–Trinajstić information content (AvgIpc) is 2.86. The molecule has 1 aliphatic heterocycles. The second-order valence-electron chi connectivity index (χ2n) is 5.05. The van der Waals surface area contributed by atoms with Crippen molar-refractivity contribution in [1.82, 2.24) is 4.90 Å². The lowest BCUT2D eigenvalue weighted by Crippen LogP contribution is -2.38. The lowest BCUT2D eigenvalue weighted by molar-refractivity contribution is -0.136. The summed E-state index contributed by atoms with van der Waals surface area (Å²) in [7, 11) is 1.46. The fourth-order valence-corrected chi connectivity index (χ4v) is 2.44. The van der Waals surface area contributed by atoms with Crippen molar-refractivity contribution in [3.8, 4) is 0 Å². The molecule has 0 spiro atoms. The largest absolute Gasteiger partial charge is 0.465 e. The van der Waals surface area contributed by atoms with Crippen LogP contribution in [0.25, 0.3) is 0 Å². The molecule has 0 saturated carbocycles. The van der Waals surface area contributed by atoms with Crippen LogP contribution in [0, 0.1) is 0 Å². The minimum Gasteiger partial charge on any atom is -0.465 e. The Morgan fingerprint density at radius 3 is 2.71 bits per heavy atom. The Morgan fingerprint density at radius 1 is 1.48 bits per heavy atom. The van der Waals surface area contributed by atoms with Gasteiger partial charge in [-0.2, -0.15) is 13.2 Å². The van der Waals surface area contributed by atoms with Crippen molar-refractivity contribution in [2.24, 2.45) is 0 Å². The van der Waals surface area contributed by atoms with E-state index in [1.54, 1.807) is 4.90 Å². The summed E-state index contributed by atoms with van der Waals surface area (Å²) in [5.74, 6) is 0. The van der Waals surface area contributed by atoms with Gasteiger partial charge in [0.15, 0.2) is 0 Å². The van der Waals surface area contributed by atoms with Crippen LogP contribution in [-0.4, -0.2) is 42.3 Å². The van der Waals surface area contributed by atoms with Gasteiger partial charge < -0.3 is 20.6 Å². The van der Waals surface area contributed by atoms with E-state index in [-0.39, 0.29) is 11.7 Å². The molecule has 1 fully saturated rings. The molecule has 0 aliphatic carbocycles. The van der Waals surface area contributed by atoms with Crippen molar-refractivity contribution in [3.63, 3.8) is 0 Å². The molecule has 8 heteroatoms. The van der Waals surface area contributed by atoms with E-state index in [9.17, 15) is 18.0 Å². The minimum atomic E-state index is -4.50. The van der Waals surface area contributed by atoms with Gasteiger partial charge in [0.05, 0.1) is 11.6 Å². The lowest BCUT2D eigenvalue weighted by Gasteiger charge is -2.24. The Morgan fingerprint density at radius 2 is 2.14 bits per heavy atom. The number of nitrogens with two attached hydrogens (primary N) is 1. The summed E-state index contributed by atoms with van der Waals surface area (Å²) >= 11 is 0. The number of hydrogen-bond donors (Lipinski definition) is 2. The monoisotopic (exact) mass is 303 g/mol. The summed E-state index contributed by atoms with van der Waals surface area (Å²) in [4.78, 5) is 13.8. The normalized spacial score (nSPS) is 18.9. The summed E-state index contributed by atoms with van der Waals surface area (Å²) < 4.78 is 38.5. The molecule has 0 bridgehead atoms. The second-order valence-corrected chi connectivity index (χ2v) is 5.05. The van der Waals surface area contributed by atoms with Crippen LogP contribution in [0.5, 0.6) is 0 Å². The summed E-state index contributed by atoms with van der Waals surface area (Å²) in [5, 5.41) is 8.93. The number of likely N-dealkylation sites (N-methyl/N-ethyl adjacent to an activating group) is 1. The molecule has 1 heterocycles. The predicted molar refractivity (Wildman–Crippen MR) is 72.3 cm³/mol. The van der Waals surface area contributed by atoms with E-state index in [1.807, 2.05) is 0 Å². The Balaban J connectivity index is 2.19. The third kappa shape index (κ3) is 3.14. The summed E-state index contributed by atoms with van der Waals surface area (Å²) in [6.45, 7) is 0.869. The van der Waals surface area contributed by atoms with Crippen LogP contribution >= 0.6 is 0 Å². The third-order valence-electron chi connectivity index (χ3n) is 3.72. The van der Waals surface area contributed by atoms with E-state index in [0.29, 0.717) is 25.2 Å². The number of carboxylic acid groups (broad SMARTS) is 1. The molecule has 21 heavy (non-hydrogen) atoms. The van der Waals surface area contributed by atoms with Crippen LogP contribution in [0.2, 0.25) is 0 Å². The van der Waals surface area contributed by atoms with Crippen molar-refractivity contribution in [1.29, 1.82) is 0 Å². The Hall–Kier alpha value is -2.12. The molecular weight excluding hydrogens is 287 g/mol. The zero-order chi connectivity index (χ0) is 15.8. The fraction of sp³-hybridized carbons (Fsp3) is 0.462. The van der Waals surface area contributed by atoms with Crippen molar-refractivity contribution in [2.75, 3.05) is 30.8 Å². The van der Waals surface area contributed by atoms with Gasteiger partial charge in [-0.05, 0) is 24.6 Å². The second kappa shape index (κ2) is 5.34. The Labute approximate surface area is 119 Å². The zero-order valence-electron chi connectivity index (χ0n) is 11.4. The van der Waals surface area contributed by atoms with Crippen LogP contribution in [0.1, 0.15) is 12.0 Å². The van der Waals surface area contributed by atoms with Gasteiger partial charge in [-0.3, -0.25) is 0 Å². The van der Waals surface area contributed by atoms with Gasteiger partial charge in [-0.15, -0.1) is 0 Å². The van der Waals surface area contributed by atoms with E-state index in [0.717, 1.165) is 6.07 Å². The molecular formula is C13H16F3N3O2. The first kappa shape index (κ1) is 15.3. The number of anilines is 2. The van der Waals surface area contributed by atoms with Crippen molar-refractivity contribution >= 4 is 17.5 Å². The molecule has 0 aromatic heterocycles. The highest BCUT2D eigenvalue weighted by molar-refractivity contribution is 5.65. The van der Waals surface area contributed by atoms with Crippen molar-refractivity contribution in [3.05, 3.63) is 23.8 Å². The molecule has 1 amide bonds. The standard InChI is InChI=1S/C13H16F3N3O2/c1-18(12(20)21)9-4-5-19(7-9)8-2-3-11(17)10(6-8)13(14,15)16/h2-3,6,9H,4-5,7,17H2,1H3,(H,20,21). The maximum Gasteiger partial charge on any atom is 0.418 e. The predicted octanol–water partition coefficient (Wildman–Crippen LogP) is 2.48. The number of carbonyl (C=O) groups is 1. The molecule has 2 rings (SSSR count). The summed E-state index contributed by atoms with van der Waals surface area (Å²) in [5.41, 5.74) is 4.58. The first-order valence-corrected chi connectivity index (χ1v) is 6.37. The van der Waals surface area contributed by atoms with Crippen LogP contribution in [0.15, 0.2) is 18.2 Å². The number of rotatable bonds is 2. The van der Waals surface area contributed by atoms with E-state index in [2.05, 4.69) is 0 Å². The highest BCUT2D eigenvalue weighted by Crippen LogP contribution is 2.36. The van der Waals surface area contributed by atoms with E-state index in [1.165, 1.54) is 24.1 Å². The van der Waals surface area contributed by atoms with Crippen LogP contribution < -0.4 is 10.6 Å².